The molecule has 2 aromatic carbocycles. The third-order valence-electron chi connectivity index (χ3n) is 4.34. The zero-order valence-electron chi connectivity index (χ0n) is 16.4. The lowest BCUT2D eigenvalue weighted by atomic mass is 10.1. The van der Waals surface area contributed by atoms with Crippen molar-refractivity contribution < 1.29 is 24.2 Å². The van der Waals surface area contributed by atoms with Gasteiger partial charge in [0.15, 0.2) is 11.5 Å². The Kier molecular flexibility index (Phi) is 6.23. The molecule has 0 bridgehead atoms. The zero-order valence-corrected chi connectivity index (χ0v) is 17.1. The number of carboxylic acids is 1. The normalized spacial score (nSPS) is 14.6. The number of anilines is 1. The minimum atomic E-state index is -1.18. The van der Waals surface area contributed by atoms with Crippen LogP contribution in [-0.2, 0) is 4.79 Å². The lowest BCUT2D eigenvalue weighted by Crippen LogP contribution is -2.21. The van der Waals surface area contributed by atoms with E-state index in [1.807, 2.05) is 0 Å². The molecule has 7 nitrogen and oxygen atoms in total. The largest absolute Gasteiger partial charge is 0.493 e. The van der Waals surface area contributed by atoms with E-state index in [2.05, 4.69) is 11.7 Å². The van der Waals surface area contributed by atoms with Gasteiger partial charge in [-0.2, -0.15) is 10.1 Å². The Morgan fingerprint density at radius 2 is 2.03 bits per heavy atom. The van der Waals surface area contributed by atoms with Crippen LogP contribution in [0, 0.1) is 0 Å². The Balaban J connectivity index is 1.92. The second kappa shape index (κ2) is 8.84. The van der Waals surface area contributed by atoms with Crippen LogP contribution in [0.15, 0.2) is 59.7 Å². The molecular weight excluding hydrogens is 408 g/mol. The van der Waals surface area contributed by atoms with E-state index >= 15 is 0 Å². The Hall–Kier alpha value is -3.58. The van der Waals surface area contributed by atoms with Gasteiger partial charge in [0, 0.05) is 0 Å². The van der Waals surface area contributed by atoms with Crippen LogP contribution < -0.4 is 14.5 Å². The van der Waals surface area contributed by atoms with E-state index in [-0.39, 0.29) is 16.5 Å². The fourth-order valence-corrected chi connectivity index (χ4v) is 3.08. The summed E-state index contributed by atoms with van der Waals surface area (Å²) in [5, 5.41) is 14.8. The molecule has 0 radical (unpaired) electrons. The third kappa shape index (κ3) is 4.21. The van der Waals surface area contributed by atoms with Crippen LogP contribution in [0.25, 0.3) is 6.08 Å². The van der Waals surface area contributed by atoms with Crippen LogP contribution >= 0.6 is 11.6 Å². The molecule has 0 fully saturated rings. The van der Waals surface area contributed by atoms with E-state index in [9.17, 15) is 14.7 Å². The Labute approximate surface area is 178 Å². The quantitative estimate of drug-likeness (QED) is 0.523. The summed E-state index contributed by atoms with van der Waals surface area (Å²) < 4.78 is 10.9. The van der Waals surface area contributed by atoms with Crippen LogP contribution in [0.5, 0.6) is 11.5 Å². The molecule has 154 valence electrons. The number of halogens is 1. The van der Waals surface area contributed by atoms with E-state index in [0.717, 1.165) is 10.6 Å². The number of ether oxygens (including phenoxy) is 2. The van der Waals surface area contributed by atoms with Gasteiger partial charge in [0.1, 0.15) is 6.61 Å². The minimum absolute atomic E-state index is 0.0835. The number of aromatic carboxylic acids is 1. The van der Waals surface area contributed by atoms with Crippen molar-refractivity contribution in [1.82, 2.24) is 0 Å². The van der Waals surface area contributed by atoms with Gasteiger partial charge in [-0.05, 0) is 48.9 Å². The molecule has 0 unspecified atom stereocenters. The fraction of sp³-hybridized carbons (Fsp3) is 0.136. The van der Waals surface area contributed by atoms with Crippen LogP contribution in [0.1, 0.15) is 22.8 Å². The molecule has 0 aromatic heterocycles. The number of hydrogen-bond acceptors (Lipinski definition) is 5. The Bertz CT molecular complexity index is 1090. The van der Waals surface area contributed by atoms with Crippen molar-refractivity contribution in [1.29, 1.82) is 0 Å². The molecule has 1 amide bonds. The summed E-state index contributed by atoms with van der Waals surface area (Å²) in [5.74, 6) is -0.480. The van der Waals surface area contributed by atoms with Gasteiger partial charge in [-0.1, -0.05) is 30.3 Å². The number of nitrogens with zero attached hydrogens (tertiary/aromatic N) is 2. The van der Waals surface area contributed by atoms with Crippen molar-refractivity contribution in [2.75, 3.05) is 18.7 Å². The SMILES string of the molecule is C=CCOc1ccc(C=C2C(=O)N(c3ccc(Cl)c(C(=O)O)c3)N=C2C)cc1OC. The Morgan fingerprint density at radius 1 is 1.27 bits per heavy atom. The smallest absolute Gasteiger partial charge is 0.337 e. The molecular formula is C22H19ClN2O5. The predicted octanol–water partition coefficient (Wildman–Crippen LogP) is 4.42. The summed E-state index contributed by atoms with van der Waals surface area (Å²) in [6, 6.07) is 9.57. The van der Waals surface area contributed by atoms with Gasteiger partial charge in [-0.25, -0.2) is 4.79 Å². The number of carboxylic acid groups (broad SMARTS) is 1. The maximum Gasteiger partial charge on any atom is 0.337 e. The number of benzene rings is 2. The number of methoxy groups -OCH3 is 1. The summed E-state index contributed by atoms with van der Waals surface area (Å²) in [5.41, 5.74) is 1.81. The molecule has 1 aliphatic heterocycles. The van der Waals surface area contributed by atoms with Gasteiger partial charge in [0.2, 0.25) is 0 Å². The minimum Gasteiger partial charge on any atom is -0.493 e. The van der Waals surface area contributed by atoms with E-state index in [4.69, 9.17) is 21.1 Å². The Morgan fingerprint density at radius 3 is 2.70 bits per heavy atom. The zero-order chi connectivity index (χ0) is 21.8. The van der Waals surface area contributed by atoms with Gasteiger partial charge in [-0.15, -0.1) is 0 Å². The van der Waals surface area contributed by atoms with Crippen molar-refractivity contribution in [3.63, 3.8) is 0 Å². The van der Waals surface area contributed by atoms with Crippen molar-refractivity contribution in [3.8, 4) is 11.5 Å². The highest BCUT2D eigenvalue weighted by Gasteiger charge is 2.29. The molecule has 0 saturated carbocycles. The first kappa shape index (κ1) is 21.1. The van der Waals surface area contributed by atoms with Gasteiger partial charge in [0.05, 0.1) is 34.7 Å². The van der Waals surface area contributed by atoms with Crippen molar-refractivity contribution in [2.24, 2.45) is 5.10 Å². The number of carbonyl (C=O) groups is 2. The molecule has 0 spiro atoms. The first-order chi connectivity index (χ1) is 14.3. The predicted molar refractivity (Wildman–Crippen MR) is 116 cm³/mol. The molecule has 30 heavy (non-hydrogen) atoms. The summed E-state index contributed by atoms with van der Waals surface area (Å²) in [4.78, 5) is 24.3. The molecule has 0 aliphatic carbocycles. The van der Waals surface area contributed by atoms with Gasteiger partial charge in [0.25, 0.3) is 5.91 Å². The summed E-state index contributed by atoms with van der Waals surface area (Å²) >= 11 is 5.91. The van der Waals surface area contributed by atoms with Crippen LogP contribution in [-0.4, -0.2) is 36.4 Å². The molecule has 8 heteroatoms. The molecule has 0 saturated heterocycles. The van der Waals surface area contributed by atoms with Crippen molar-refractivity contribution in [2.45, 2.75) is 6.92 Å². The first-order valence-corrected chi connectivity index (χ1v) is 9.29. The number of hydrogen-bond donors (Lipinski definition) is 1. The van der Waals surface area contributed by atoms with Crippen molar-refractivity contribution >= 4 is 41.0 Å². The summed E-state index contributed by atoms with van der Waals surface area (Å²) in [6.45, 7) is 5.66. The molecule has 2 aromatic rings. The fourth-order valence-electron chi connectivity index (χ4n) is 2.88. The topological polar surface area (TPSA) is 88.4 Å². The highest BCUT2D eigenvalue weighted by Crippen LogP contribution is 2.31. The van der Waals surface area contributed by atoms with Crippen LogP contribution in [0.3, 0.4) is 0 Å². The van der Waals surface area contributed by atoms with E-state index < -0.39 is 5.97 Å². The van der Waals surface area contributed by atoms with Crippen molar-refractivity contribution in [3.05, 3.63) is 70.8 Å². The molecule has 1 heterocycles. The van der Waals surface area contributed by atoms with E-state index in [0.29, 0.717) is 35.1 Å². The molecule has 0 atom stereocenters. The highest BCUT2D eigenvalue weighted by molar-refractivity contribution is 6.34. The number of amides is 1. The lowest BCUT2D eigenvalue weighted by molar-refractivity contribution is -0.114. The maximum absolute atomic E-state index is 12.9. The standard InChI is InChI=1S/C22H19ClN2O5/c1-4-9-30-19-8-5-14(11-20(19)29-3)10-16-13(2)24-25(21(16)26)15-6-7-18(23)17(12-15)22(27)28/h4-8,10-12H,1,9H2,2-3H3,(H,27,28). The number of rotatable bonds is 7. The monoisotopic (exact) mass is 426 g/mol. The lowest BCUT2D eigenvalue weighted by Gasteiger charge is -2.13. The highest BCUT2D eigenvalue weighted by atomic mass is 35.5. The molecule has 1 aliphatic rings. The first-order valence-electron chi connectivity index (χ1n) is 8.92. The molecule has 3 rings (SSSR count). The van der Waals surface area contributed by atoms with Crippen LogP contribution in [0.2, 0.25) is 5.02 Å². The third-order valence-corrected chi connectivity index (χ3v) is 4.67. The second-order valence-electron chi connectivity index (χ2n) is 6.34. The summed E-state index contributed by atoms with van der Waals surface area (Å²) in [6.07, 6.45) is 3.32. The average Bonchev–Trinajstić information content (AvgIpc) is 3.01. The van der Waals surface area contributed by atoms with Crippen LogP contribution in [0.4, 0.5) is 5.69 Å². The maximum atomic E-state index is 12.9. The second-order valence-corrected chi connectivity index (χ2v) is 6.75. The average molecular weight is 427 g/mol. The number of hydrazone groups is 1. The van der Waals surface area contributed by atoms with Gasteiger partial charge >= 0.3 is 5.97 Å². The van der Waals surface area contributed by atoms with Gasteiger partial charge in [-0.3, -0.25) is 4.79 Å². The summed E-state index contributed by atoms with van der Waals surface area (Å²) in [7, 11) is 1.53. The molecule has 1 N–H and O–H groups in total. The van der Waals surface area contributed by atoms with Gasteiger partial charge < -0.3 is 14.6 Å². The van der Waals surface area contributed by atoms with E-state index in [1.54, 1.807) is 43.3 Å². The van der Waals surface area contributed by atoms with E-state index in [1.165, 1.54) is 19.2 Å². The number of carbonyl (C=O) groups excluding carboxylic acids is 1.